The van der Waals surface area contributed by atoms with Gasteiger partial charge in [-0.1, -0.05) is 24.3 Å². The van der Waals surface area contributed by atoms with Gasteiger partial charge in [0, 0.05) is 0 Å². The van der Waals surface area contributed by atoms with Crippen LogP contribution >= 0.6 is 0 Å². The highest BCUT2D eigenvalue weighted by molar-refractivity contribution is 6.61. The van der Waals surface area contributed by atoms with Gasteiger partial charge in [-0.2, -0.15) is 15.0 Å². The van der Waals surface area contributed by atoms with Crippen LogP contribution in [-0.4, -0.2) is 27.1 Å². The maximum Gasteiger partial charge on any atom is 0.492 e. The van der Waals surface area contributed by atoms with Crippen molar-refractivity contribution in [3.8, 4) is 11.5 Å². The molecule has 0 spiro atoms. The molecule has 0 aliphatic carbocycles. The van der Waals surface area contributed by atoms with E-state index in [2.05, 4.69) is 10.2 Å². The molecular formula is C16H14BN3O3. The Kier molecular flexibility index (Phi) is 3.57. The number of nitrogens with zero attached hydrogens (tertiary/aromatic N) is 3. The number of hydrogen-bond donors (Lipinski definition) is 1. The second kappa shape index (κ2) is 5.87. The van der Waals surface area contributed by atoms with Gasteiger partial charge in [0.25, 0.3) is 0 Å². The molecule has 1 aromatic heterocycles. The molecule has 0 amide bonds. The molecule has 7 heteroatoms. The molecule has 1 aliphatic rings. The average molecular weight is 307 g/mol. The van der Waals surface area contributed by atoms with Gasteiger partial charge in [-0.15, -0.1) is 0 Å². The zero-order chi connectivity index (χ0) is 15.6. The van der Waals surface area contributed by atoms with Crippen LogP contribution in [0.4, 0.5) is 0 Å². The Morgan fingerprint density at radius 1 is 1.09 bits per heavy atom. The average Bonchev–Trinajstić information content (AvgIpc) is 3.18. The van der Waals surface area contributed by atoms with E-state index in [9.17, 15) is 5.02 Å². The second-order valence-electron chi connectivity index (χ2n) is 5.27. The third-order valence-corrected chi connectivity index (χ3v) is 3.74. The van der Waals surface area contributed by atoms with Crippen LogP contribution < -0.4 is 10.2 Å². The molecule has 0 saturated heterocycles. The lowest BCUT2D eigenvalue weighted by Crippen LogP contribution is -2.28. The molecule has 1 N–H and O–H groups in total. The summed E-state index contributed by atoms with van der Waals surface area (Å²) in [4.78, 5) is 1.54. The molecule has 23 heavy (non-hydrogen) atoms. The zero-order valence-corrected chi connectivity index (χ0v) is 12.2. The molecule has 114 valence electrons. The van der Waals surface area contributed by atoms with Crippen LogP contribution in [-0.2, 0) is 11.2 Å². The van der Waals surface area contributed by atoms with Crippen LogP contribution in [0.15, 0.2) is 60.9 Å². The zero-order valence-electron chi connectivity index (χ0n) is 12.2. The molecule has 2 heterocycles. The Hall–Kier alpha value is -2.64. The quantitative estimate of drug-likeness (QED) is 0.740. The van der Waals surface area contributed by atoms with Crippen molar-refractivity contribution in [1.82, 2.24) is 15.0 Å². The monoisotopic (exact) mass is 307 g/mol. The van der Waals surface area contributed by atoms with E-state index in [0.29, 0.717) is 12.3 Å². The van der Waals surface area contributed by atoms with E-state index in [1.54, 1.807) is 17.2 Å². The number of para-hydroxylation sites is 1. The first-order valence-corrected chi connectivity index (χ1v) is 7.34. The van der Waals surface area contributed by atoms with Gasteiger partial charge in [-0.25, -0.2) is 0 Å². The maximum absolute atomic E-state index is 10.1. The van der Waals surface area contributed by atoms with Crippen molar-refractivity contribution in [2.45, 2.75) is 12.6 Å². The lowest BCUT2D eigenvalue weighted by atomic mass is 9.79. The van der Waals surface area contributed by atoms with E-state index in [1.807, 2.05) is 48.5 Å². The lowest BCUT2D eigenvalue weighted by molar-refractivity contribution is 0.160. The van der Waals surface area contributed by atoms with Crippen molar-refractivity contribution < 1.29 is 14.4 Å². The highest BCUT2D eigenvalue weighted by Gasteiger charge is 2.35. The number of aromatic nitrogens is 3. The fraction of sp³-hybridized carbons (Fsp3) is 0.125. The highest BCUT2D eigenvalue weighted by Crippen LogP contribution is 2.28. The summed E-state index contributed by atoms with van der Waals surface area (Å²) in [6, 6.07) is 15.1. The summed E-state index contributed by atoms with van der Waals surface area (Å²) >= 11 is 0. The number of rotatable bonds is 4. The Morgan fingerprint density at radius 2 is 1.87 bits per heavy atom. The van der Waals surface area contributed by atoms with Crippen molar-refractivity contribution >= 4 is 12.6 Å². The minimum atomic E-state index is -0.968. The summed E-state index contributed by atoms with van der Waals surface area (Å²) in [6.07, 6.45) is 2.95. The molecule has 1 atom stereocenters. The predicted octanol–water partition coefficient (Wildman–Crippen LogP) is 1.53. The lowest BCUT2D eigenvalue weighted by Gasteiger charge is -2.12. The van der Waals surface area contributed by atoms with Gasteiger partial charge < -0.3 is 14.4 Å². The van der Waals surface area contributed by atoms with Crippen LogP contribution in [0.25, 0.3) is 0 Å². The van der Waals surface area contributed by atoms with Gasteiger partial charge in [-0.3, -0.25) is 0 Å². The summed E-state index contributed by atoms with van der Waals surface area (Å²) in [5, 5.41) is 18.3. The first-order chi connectivity index (χ1) is 11.3. The van der Waals surface area contributed by atoms with Crippen molar-refractivity contribution in [2.75, 3.05) is 0 Å². The summed E-state index contributed by atoms with van der Waals surface area (Å²) in [5.74, 6) is 1.41. The number of fused-ring (bicyclic) bond motifs is 1. The Bertz CT molecular complexity index is 796. The van der Waals surface area contributed by atoms with Crippen LogP contribution in [0.2, 0.25) is 0 Å². The van der Waals surface area contributed by atoms with E-state index in [0.717, 1.165) is 16.8 Å². The molecule has 3 aromatic rings. The van der Waals surface area contributed by atoms with Crippen molar-refractivity contribution in [2.24, 2.45) is 0 Å². The first kappa shape index (κ1) is 14.0. The van der Waals surface area contributed by atoms with Crippen LogP contribution in [0.5, 0.6) is 11.5 Å². The second-order valence-corrected chi connectivity index (χ2v) is 5.27. The summed E-state index contributed by atoms with van der Waals surface area (Å²) < 4.78 is 11.4. The van der Waals surface area contributed by atoms with Crippen LogP contribution in [0.3, 0.4) is 0 Å². The van der Waals surface area contributed by atoms with Gasteiger partial charge in [-0.05, 0) is 35.3 Å². The number of hydrogen-bond acceptors (Lipinski definition) is 5. The predicted molar refractivity (Wildman–Crippen MR) is 84.4 cm³/mol. The van der Waals surface area contributed by atoms with Gasteiger partial charge in [0.05, 0.1) is 25.0 Å². The van der Waals surface area contributed by atoms with E-state index in [4.69, 9.17) is 9.39 Å². The molecule has 1 aliphatic heterocycles. The van der Waals surface area contributed by atoms with Crippen molar-refractivity contribution in [3.05, 3.63) is 66.5 Å². The molecule has 4 rings (SSSR count). The van der Waals surface area contributed by atoms with Gasteiger partial charge in [0.1, 0.15) is 11.5 Å². The minimum absolute atomic E-state index is 0.279. The fourth-order valence-corrected chi connectivity index (χ4v) is 2.68. The largest absolute Gasteiger partial charge is 0.492 e. The van der Waals surface area contributed by atoms with E-state index in [-0.39, 0.29) is 6.10 Å². The Balaban J connectivity index is 1.58. The van der Waals surface area contributed by atoms with Crippen LogP contribution in [0.1, 0.15) is 11.7 Å². The van der Waals surface area contributed by atoms with Gasteiger partial charge in [0.2, 0.25) is 0 Å². The van der Waals surface area contributed by atoms with Crippen LogP contribution in [0, 0.1) is 0 Å². The molecule has 2 aromatic carbocycles. The minimum Gasteiger partial charge on any atom is -0.457 e. The SMILES string of the molecule is OB1OC(Cn2nccn2)c2ccc(Oc3ccccc3)cc21. The molecule has 1 unspecified atom stereocenters. The van der Waals surface area contributed by atoms with Crippen molar-refractivity contribution in [3.63, 3.8) is 0 Å². The molecule has 0 saturated carbocycles. The summed E-state index contributed by atoms with van der Waals surface area (Å²) in [5.41, 5.74) is 1.64. The molecule has 6 nitrogen and oxygen atoms in total. The fourth-order valence-electron chi connectivity index (χ4n) is 2.68. The molecular weight excluding hydrogens is 293 g/mol. The topological polar surface area (TPSA) is 69.4 Å². The summed E-state index contributed by atoms with van der Waals surface area (Å²) in [6.45, 7) is 0.454. The van der Waals surface area contributed by atoms with E-state index < -0.39 is 7.12 Å². The van der Waals surface area contributed by atoms with E-state index >= 15 is 0 Å². The number of ether oxygens (including phenoxy) is 1. The third kappa shape index (κ3) is 2.84. The summed E-state index contributed by atoms with van der Waals surface area (Å²) in [7, 11) is -0.968. The molecule has 0 bridgehead atoms. The maximum atomic E-state index is 10.1. The molecule has 0 fully saturated rings. The van der Waals surface area contributed by atoms with Gasteiger partial charge >= 0.3 is 7.12 Å². The Labute approximate surface area is 133 Å². The smallest absolute Gasteiger partial charge is 0.457 e. The molecule has 0 radical (unpaired) electrons. The standard InChI is InChI=1S/C16H14BN3O3/c21-17-15-10-13(22-12-4-2-1-3-5-12)6-7-14(15)16(23-17)11-20-18-8-9-19-20/h1-10,16,21H,11H2. The van der Waals surface area contributed by atoms with E-state index in [1.165, 1.54) is 0 Å². The number of benzene rings is 2. The first-order valence-electron chi connectivity index (χ1n) is 7.34. The Morgan fingerprint density at radius 3 is 2.65 bits per heavy atom. The van der Waals surface area contributed by atoms with Crippen molar-refractivity contribution in [1.29, 1.82) is 0 Å². The third-order valence-electron chi connectivity index (χ3n) is 3.74. The normalized spacial score (nSPS) is 16.4. The van der Waals surface area contributed by atoms with Gasteiger partial charge in [0.15, 0.2) is 0 Å². The highest BCUT2D eigenvalue weighted by atomic mass is 16.5.